The summed E-state index contributed by atoms with van der Waals surface area (Å²) in [6.45, 7) is 4.63. The number of nitro groups is 1. The predicted octanol–water partition coefficient (Wildman–Crippen LogP) is 3.05. The number of nitrogens with zero attached hydrogens (tertiary/aromatic N) is 5. The highest BCUT2D eigenvalue weighted by Gasteiger charge is 2.30. The largest absolute Gasteiger partial charge is 0.319 e. The number of hydrogen-bond donors (Lipinski definition) is 0. The van der Waals surface area contributed by atoms with Crippen molar-refractivity contribution in [3.8, 4) is 0 Å². The fourth-order valence-electron chi connectivity index (χ4n) is 3.60. The van der Waals surface area contributed by atoms with Crippen LogP contribution in [0.15, 0.2) is 57.4 Å². The molecule has 0 radical (unpaired) electrons. The number of aryl methyl sites for hydroxylation is 1. The molecule has 1 aromatic heterocycles. The van der Waals surface area contributed by atoms with Crippen LogP contribution >= 0.6 is 11.8 Å². The molecule has 0 unspecified atom stereocenters. The van der Waals surface area contributed by atoms with Crippen molar-refractivity contribution in [3.63, 3.8) is 0 Å². The van der Waals surface area contributed by atoms with E-state index in [0.717, 1.165) is 17.1 Å². The second-order valence-corrected chi connectivity index (χ2v) is 10.3. The number of imidazole rings is 1. The van der Waals surface area contributed by atoms with Gasteiger partial charge in [0.25, 0.3) is 5.69 Å². The van der Waals surface area contributed by atoms with Gasteiger partial charge >= 0.3 is 0 Å². The maximum Gasteiger partial charge on any atom is 0.284 e. The number of likely N-dealkylation sites (N-methyl/N-ethyl adjacent to an activating group) is 1. The van der Waals surface area contributed by atoms with Crippen LogP contribution in [0.3, 0.4) is 0 Å². The highest BCUT2D eigenvalue weighted by atomic mass is 32.2. The number of fused-ring (bicyclic) bond motifs is 1. The molecule has 1 saturated heterocycles. The quantitative estimate of drug-likeness (QED) is 0.411. The van der Waals surface area contributed by atoms with Gasteiger partial charge in [0.15, 0.2) is 5.16 Å². The summed E-state index contributed by atoms with van der Waals surface area (Å²) < 4.78 is 29.4. The second kappa shape index (κ2) is 8.58. The maximum atomic E-state index is 13.0. The molecule has 1 aliphatic rings. The molecule has 11 heteroatoms. The van der Waals surface area contributed by atoms with Crippen LogP contribution in [0.1, 0.15) is 6.92 Å². The average molecular weight is 462 g/mol. The van der Waals surface area contributed by atoms with Crippen molar-refractivity contribution in [2.75, 3.05) is 33.2 Å². The van der Waals surface area contributed by atoms with Gasteiger partial charge in [0, 0.05) is 38.8 Å². The van der Waals surface area contributed by atoms with Crippen molar-refractivity contribution in [2.45, 2.75) is 28.4 Å². The van der Waals surface area contributed by atoms with Crippen LogP contribution in [0.4, 0.5) is 5.69 Å². The van der Waals surface area contributed by atoms with Crippen LogP contribution in [0.2, 0.25) is 0 Å². The predicted molar refractivity (Wildman–Crippen MR) is 119 cm³/mol. The molecular formula is C20H23N5O4S2. The third kappa shape index (κ3) is 4.18. The summed E-state index contributed by atoms with van der Waals surface area (Å²) in [7, 11) is -1.86. The van der Waals surface area contributed by atoms with Gasteiger partial charge in [-0.1, -0.05) is 12.1 Å². The summed E-state index contributed by atoms with van der Waals surface area (Å²) >= 11 is 1.17. The fraction of sp³-hybridized carbons (Fsp3) is 0.350. The van der Waals surface area contributed by atoms with Crippen molar-refractivity contribution >= 4 is 38.5 Å². The van der Waals surface area contributed by atoms with Crippen LogP contribution in [0, 0.1) is 10.1 Å². The molecule has 2 heterocycles. The van der Waals surface area contributed by atoms with E-state index in [0.29, 0.717) is 42.8 Å². The van der Waals surface area contributed by atoms with Crippen molar-refractivity contribution in [1.82, 2.24) is 18.8 Å². The van der Waals surface area contributed by atoms with Gasteiger partial charge in [0.05, 0.1) is 25.7 Å². The zero-order chi connectivity index (χ0) is 22.2. The first-order valence-corrected chi connectivity index (χ1v) is 12.2. The molecule has 0 N–H and O–H groups in total. The van der Waals surface area contributed by atoms with E-state index >= 15 is 0 Å². The van der Waals surface area contributed by atoms with Gasteiger partial charge in [0.2, 0.25) is 10.0 Å². The number of rotatable bonds is 6. The monoisotopic (exact) mass is 461 g/mol. The number of piperazine rings is 1. The third-order valence-corrected chi connectivity index (χ3v) is 8.32. The maximum absolute atomic E-state index is 13.0. The highest BCUT2D eigenvalue weighted by molar-refractivity contribution is 7.99. The number of aromatic nitrogens is 2. The normalized spacial score (nSPS) is 16.1. The zero-order valence-corrected chi connectivity index (χ0v) is 18.9. The van der Waals surface area contributed by atoms with Crippen LogP contribution in [0.5, 0.6) is 0 Å². The average Bonchev–Trinajstić information content (AvgIpc) is 3.11. The molecule has 9 nitrogen and oxygen atoms in total. The second-order valence-electron chi connectivity index (χ2n) is 7.32. The van der Waals surface area contributed by atoms with Crippen LogP contribution in [-0.4, -0.2) is 65.3 Å². The molecule has 0 bridgehead atoms. The number of para-hydroxylation sites is 2. The minimum atomic E-state index is -3.79. The van der Waals surface area contributed by atoms with Gasteiger partial charge in [-0.3, -0.25) is 10.1 Å². The standard InChI is InChI=1S/C20H23N5O4S2/c1-3-24-17-7-5-4-6-16(17)21-20(24)30-19-9-8-15(14-18(19)25(26)27)31(28,29)23-12-10-22(2)11-13-23/h4-9,14H,3,10-13H2,1-2H3. The Bertz CT molecular complexity index is 1230. The summed E-state index contributed by atoms with van der Waals surface area (Å²) in [5, 5.41) is 12.4. The molecule has 1 fully saturated rings. The van der Waals surface area contributed by atoms with Gasteiger partial charge in [-0.2, -0.15) is 4.31 Å². The summed E-state index contributed by atoms with van der Waals surface area (Å²) in [6, 6.07) is 11.8. The van der Waals surface area contributed by atoms with Gasteiger partial charge < -0.3 is 9.47 Å². The van der Waals surface area contributed by atoms with Crippen LogP contribution < -0.4 is 0 Å². The first-order valence-electron chi connectivity index (χ1n) is 9.91. The minimum absolute atomic E-state index is 0.0582. The molecule has 0 atom stereocenters. The van der Waals surface area contributed by atoms with E-state index in [2.05, 4.69) is 4.98 Å². The Morgan fingerprint density at radius 2 is 1.84 bits per heavy atom. The van der Waals surface area contributed by atoms with Gasteiger partial charge in [-0.05, 0) is 50.0 Å². The number of nitro benzene ring substituents is 1. The lowest BCUT2D eigenvalue weighted by atomic mass is 10.3. The van der Waals surface area contributed by atoms with Gasteiger partial charge in [0.1, 0.15) is 0 Å². The molecule has 0 amide bonds. The van der Waals surface area contributed by atoms with Crippen LogP contribution in [-0.2, 0) is 16.6 Å². The number of sulfonamides is 1. The molecule has 0 aliphatic carbocycles. The molecule has 164 valence electrons. The summed E-state index contributed by atoms with van der Waals surface area (Å²) in [4.78, 5) is 18.2. The molecule has 4 rings (SSSR count). The van der Waals surface area contributed by atoms with E-state index in [9.17, 15) is 18.5 Å². The molecular weight excluding hydrogens is 438 g/mol. The Hall–Kier alpha value is -2.47. The van der Waals surface area contributed by atoms with Gasteiger partial charge in [-0.15, -0.1) is 0 Å². The van der Waals surface area contributed by atoms with E-state index in [4.69, 9.17) is 0 Å². The summed E-state index contributed by atoms with van der Waals surface area (Å²) in [5.74, 6) is 0. The molecule has 0 spiro atoms. The van der Waals surface area contributed by atoms with E-state index in [-0.39, 0.29) is 10.6 Å². The van der Waals surface area contributed by atoms with E-state index in [1.807, 2.05) is 47.7 Å². The van der Waals surface area contributed by atoms with E-state index < -0.39 is 14.9 Å². The molecule has 31 heavy (non-hydrogen) atoms. The van der Waals surface area contributed by atoms with E-state index in [1.165, 1.54) is 28.2 Å². The lowest BCUT2D eigenvalue weighted by Gasteiger charge is -2.31. The zero-order valence-electron chi connectivity index (χ0n) is 17.3. The Balaban J connectivity index is 1.70. The Morgan fingerprint density at radius 1 is 1.13 bits per heavy atom. The SMILES string of the molecule is CCn1c(Sc2ccc(S(=O)(=O)N3CCN(C)CC3)cc2[N+](=O)[O-])nc2ccccc21. The van der Waals surface area contributed by atoms with Gasteiger partial charge in [-0.25, -0.2) is 13.4 Å². The Labute approximate surface area is 184 Å². The van der Waals surface area contributed by atoms with E-state index in [1.54, 1.807) is 0 Å². The number of benzene rings is 2. The van der Waals surface area contributed by atoms with Crippen molar-refractivity contribution in [3.05, 3.63) is 52.6 Å². The molecule has 0 saturated carbocycles. The van der Waals surface area contributed by atoms with Crippen molar-refractivity contribution in [2.24, 2.45) is 0 Å². The Morgan fingerprint density at radius 3 is 2.52 bits per heavy atom. The molecule has 1 aliphatic heterocycles. The minimum Gasteiger partial charge on any atom is -0.319 e. The molecule has 2 aromatic carbocycles. The van der Waals surface area contributed by atoms with Crippen molar-refractivity contribution < 1.29 is 13.3 Å². The third-order valence-electron chi connectivity index (χ3n) is 5.36. The first-order chi connectivity index (χ1) is 14.8. The van der Waals surface area contributed by atoms with Crippen molar-refractivity contribution in [1.29, 1.82) is 0 Å². The lowest BCUT2D eigenvalue weighted by molar-refractivity contribution is -0.388. The topological polar surface area (TPSA) is 102 Å². The first kappa shape index (κ1) is 21.8. The summed E-state index contributed by atoms with van der Waals surface area (Å²) in [6.07, 6.45) is 0. The highest BCUT2D eigenvalue weighted by Crippen LogP contribution is 2.37. The fourth-order valence-corrected chi connectivity index (χ4v) is 6.09. The van der Waals surface area contributed by atoms with Crippen LogP contribution in [0.25, 0.3) is 11.0 Å². The lowest BCUT2D eigenvalue weighted by Crippen LogP contribution is -2.47. The summed E-state index contributed by atoms with van der Waals surface area (Å²) in [5.41, 5.74) is 1.52. The Kier molecular flexibility index (Phi) is 6.02. The molecule has 3 aromatic rings. The number of hydrogen-bond acceptors (Lipinski definition) is 7. The smallest absolute Gasteiger partial charge is 0.284 e.